The third-order valence-electron chi connectivity index (χ3n) is 16.4. The Morgan fingerprint density at radius 1 is 0.696 bits per heavy atom. The SMILES string of the molecule is CO[C@@H]1C(C)O[C@@H](O[C@@H]2C(C)O[C@@H](O[C@@H]3C(C)O[C@@H](O[C@H]4CC[C@@]5(C)C(CCC6C5CC[C@]5(C)[C@@H](C7=CC(=O)OC7)CC[C@]65O)C4)C[C@H]3OC)C[C@H]2O)C[C@H]1O. The highest BCUT2D eigenvalue weighted by Crippen LogP contribution is 2.70. The molecule has 0 bridgehead atoms. The van der Waals surface area contributed by atoms with Crippen molar-refractivity contribution in [1.82, 2.24) is 0 Å². The van der Waals surface area contributed by atoms with Gasteiger partial charge in [-0.25, -0.2) is 4.79 Å². The van der Waals surface area contributed by atoms with Gasteiger partial charge in [-0.15, -0.1) is 0 Å². The molecule has 0 aromatic rings. The van der Waals surface area contributed by atoms with E-state index in [1.54, 1.807) is 20.3 Å². The normalized spacial score (nSPS) is 53.4. The molecule has 8 aliphatic rings. The Labute approximate surface area is 332 Å². The molecule has 3 saturated heterocycles. The molecule has 0 aromatic heterocycles. The smallest absolute Gasteiger partial charge is 0.331 e. The van der Waals surface area contributed by atoms with Crippen LogP contribution in [-0.2, 0) is 47.4 Å². The molecule has 3 N–H and O–H groups in total. The van der Waals surface area contributed by atoms with Crippen molar-refractivity contribution in [3.8, 4) is 0 Å². The van der Waals surface area contributed by atoms with E-state index in [1.807, 2.05) is 20.8 Å². The molecule has 13 nitrogen and oxygen atoms in total. The number of rotatable bonds is 9. The lowest BCUT2D eigenvalue weighted by molar-refractivity contribution is -0.337. The van der Waals surface area contributed by atoms with E-state index in [0.717, 1.165) is 63.4 Å². The van der Waals surface area contributed by atoms with Crippen LogP contribution in [0.3, 0.4) is 0 Å². The lowest BCUT2D eigenvalue weighted by atomic mass is 9.43. The second-order valence-electron chi connectivity index (χ2n) is 19.2. The van der Waals surface area contributed by atoms with Crippen LogP contribution in [-0.4, -0.2) is 128 Å². The van der Waals surface area contributed by atoms with E-state index in [1.165, 1.54) is 0 Å². The molecule has 4 aliphatic carbocycles. The van der Waals surface area contributed by atoms with Gasteiger partial charge < -0.3 is 58.0 Å². The van der Waals surface area contributed by atoms with Crippen LogP contribution < -0.4 is 0 Å². The van der Waals surface area contributed by atoms with Gasteiger partial charge in [0.2, 0.25) is 0 Å². The van der Waals surface area contributed by atoms with Crippen molar-refractivity contribution in [3.63, 3.8) is 0 Å². The summed E-state index contributed by atoms with van der Waals surface area (Å²) in [5, 5.41) is 34.3. The van der Waals surface area contributed by atoms with Gasteiger partial charge in [-0.3, -0.25) is 0 Å². The topological polar surface area (TPSA) is 161 Å². The van der Waals surface area contributed by atoms with Crippen molar-refractivity contribution >= 4 is 5.97 Å². The van der Waals surface area contributed by atoms with Crippen molar-refractivity contribution in [2.24, 2.45) is 34.5 Å². The Bertz CT molecular complexity index is 1420. The maximum Gasteiger partial charge on any atom is 0.331 e. The number of ether oxygens (including phenoxy) is 9. The van der Waals surface area contributed by atoms with E-state index in [2.05, 4.69) is 13.8 Å². The summed E-state index contributed by atoms with van der Waals surface area (Å²) in [5.74, 6) is 1.24. The van der Waals surface area contributed by atoms with Gasteiger partial charge in [-0.1, -0.05) is 13.8 Å². The van der Waals surface area contributed by atoms with Crippen molar-refractivity contribution in [3.05, 3.63) is 11.6 Å². The Morgan fingerprint density at radius 2 is 1.34 bits per heavy atom. The highest BCUT2D eigenvalue weighted by molar-refractivity contribution is 5.85. The number of fused-ring (bicyclic) bond motifs is 5. The molecule has 0 aromatic carbocycles. The van der Waals surface area contributed by atoms with Gasteiger partial charge in [0.05, 0.1) is 48.3 Å². The fourth-order valence-corrected chi connectivity index (χ4v) is 13.3. The van der Waals surface area contributed by atoms with Crippen LogP contribution in [0.4, 0.5) is 0 Å². The minimum absolute atomic E-state index is 0.0867. The van der Waals surface area contributed by atoms with Gasteiger partial charge >= 0.3 is 5.97 Å². The summed E-state index contributed by atoms with van der Waals surface area (Å²) < 4.78 is 54.7. The molecule has 0 spiro atoms. The molecule has 13 heteroatoms. The zero-order chi connectivity index (χ0) is 39.7. The average molecular weight is 793 g/mol. The first-order valence-electron chi connectivity index (χ1n) is 21.6. The first kappa shape index (κ1) is 41.5. The lowest BCUT2D eigenvalue weighted by Crippen LogP contribution is -2.62. The molecule has 7 fully saturated rings. The van der Waals surface area contributed by atoms with Gasteiger partial charge in [-0.2, -0.15) is 0 Å². The molecule has 318 valence electrons. The summed E-state index contributed by atoms with van der Waals surface area (Å²) in [4.78, 5) is 12.0. The van der Waals surface area contributed by atoms with Gasteiger partial charge in [0.25, 0.3) is 0 Å². The van der Waals surface area contributed by atoms with Crippen molar-refractivity contribution in [2.75, 3.05) is 20.8 Å². The number of aliphatic hydroxyl groups is 3. The van der Waals surface area contributed by atoms with Crippen LogP contribution in [0.15, 0.2) is 11.6 Å². The zero-order valence-electron chi connectivity index (χ0n) is 34.5. The van der Waals surface area contributed by atoms with E-state index in [0.29, 0.717) is 24.9 Å². The quantitative estimate of drug-likeness (QED) is 0.221. The van der Waals surface area contributed by atoms with Crippen LogP contribution in [0, 0.1) is 34.5 Å². The Hall–Kier alpha value is -1.23. The minimum Gasteiger partial charge on any atom is -0.458 e. The molecule has 20 atom stereocenters. The van der Waals surface area contributed by atoms with Gasteiger partial charge in [0, 0.05) is 45.0 Å². The number of carbonyl (C=O) groups is 1. The van der Waals surface area contributed by atoms with Crippen molar-refractivity contribution in [2.45, 2.75) is 197 Å². The van der Waals surface area contributed by atoms with Gasteiger partial charge in [0.15, 0.2) is 18.9 Å². The predicted molar refractivity (Wildman–Crippen MR) is 201 cm³/mol. The van der Waals surface area contributed by atoms with Crippen LogP contribution >= 0.6 is 0 Å². The first-order valence-corrected chi connectivity index (χ1v) is 21.6. The largest absolute Gasteiger partial charge is 0.458 e. The van der Waals surface area contributed by atoms with E-state index in [4.69, 9.17) is 42.6 Å². The molecule has 4 saturated carbocycles. The Balaban J connectivity index is 0.835. The number of hydrogen-bond acceptors (Lipinski definition) is 13. The van der Waals surface area contributed by atoms with E-state index in [9.17, 15) is 20.1 Å². The molecule has 4 heterocycles. The molecular formula is C43H68O13. The Kier molecular flexibility index (Phi) is 11.8. The van der Waals surface area contributed by atoms with Crippen LogP contribution in [0.5, 0.6) is 0 Å². The summed E-state index contributed by atoms with van der Waals surface area (Å²) >= 11 is 0. The summed E-state index contributed by atoms with van der Waals surface area (Å²) in [6.45, 7) is 10.8. The number of methoxy groups -OCH3 is 2. The number of cyclic esters (lactones) is 1. The van der Waals surface area contributed by atoms with Crippen molar-refractivity contribution in [1.29, 1.82) is 0 Å². The second kappa shape index (κ2) is 16.0. The van der Waals surface area contributed by atoms with E-state index < -0.39 is 61.1 Å². The summed E-state index contributed by atoms with van der Waals surface area (Å²) in [7, 11) is 3.23. The Morgan fingerprint density at radius 3 is 1.96 bits per heavy atom. The molecule has 4 aliphatic heterocycles. The van der Waals surface area contributed by atoms with Crippen molar-refractivity contribution < 1.29 is 62.7 Å². The maximum absolute atomic E-state index is 12.6. The lowest BCUT2D eigenvalue weighted by Gasteiger charge is -2.64. The van der Waals surface area contributed by atoms with Crippen LogP contribution in [0.25, 0.3) is 0 Å². The van der Waals surface area contributed by atoms with E-state index >= 15 is 0 Å². The molecule has 0 amide bonds. The number of hydrogen-bond donors (Lipinski definition) is 3. The monoisotopic (exact) mass is 792 g/mol. The third kappa shape index (κ3) is 7.24. The fourth-order valence-electron chi connectivity index (χ4n) is 13.3. The average Bonchev–Trinajstić information content (AvgIpc) is 3.70. The van der Waals surface area contributed by atoms with Crippen LogP contribution in [0.1, 0.15) is 112 Å². The standard InChI is InChI=1S/C43H68O13/c1-22-38(49-7)31(44)18-35(51-22)55-39-23(2)52-36(19-32(39)45)56-40-24(3)53-37(20-33(40)48-6)54-27-10-13-41(4)26(17-27)8-9-30-29(41)11-14-42(5)28(12-15-43(30,42)47)25-16-34(46)50-21-25/h16,22-24,26-33,35-40,44-45,47H,8-15,17-21H2,1-7H3/t22?,23?,24?,26?,27-,28+,29?,30?,31+,32+,33+,35-,36-,37-,38+,39+,40+,41-,42+,43-/m0/s1. The van der Waals surface area contributed by atoms with Crippen LogP contribution in [0.2, 0.25) is 0 Å². The molecule has 8 rings (SSSR count). The summed E-state index contributed by atoms with van der Waals surface area (Å²) in [6.07, 6.45) is 5.31. The summed E-state index contributed by atoms with van der Waals surface area (Å²) in [6, 6.07) is 0. The molecule has 6 unspecified atom stereocenters. The minimum atomic E-state index is -0.864. The molecule has 0 radical (unpaired) electrons. The van der Waals surface area contributed by atoms with Gasteiger partial charge in [0.1, 0.15) is 24.9 Å². The fraction of sp³-hybridized carbons (Fsp3) is 0.930. The number of aliphatic hydroxyl groups excluding tert-OH is 2. The molecule has 56 heavy (non-hydrogen) atoms. The first-order chi connectivity index (χ1) is 26.7. The molecular weight excluding hydrogens is 724 g/mol. The zero-order valence-corrected chi connectivity index (χ0v) is 34.5. The van der Waals surface area contributed by atoms with E-state index in [-0.39, 0.29) is 65.9 Å². The highest BCUT2D eigenvalue weighted by atomic mass is 16.7. The maximum atomic E-state index is 12.6. The predicted octanol–water partition coefficient (Wildman–Crippen LogP) is 4.56. The third-order valence-corrected chi connectivity index (χ3v) is 16.4. The second-order valence-corrected chi connectivity index (χ2v) is 19.2. The number of esters is 1. The summed E-state index contributed by atoms with van der Waals surface area (Å²) in [5.41, 5.74) is 0.287. The highest BCUT2D eigenvalue weighted by Gasteiger charge is 2.68. The van der Waals surface area contributed by atoms with Gasteiger partial charge in [-0.05, 0) is 113 Å². The number of carbonyl (C=O) groups excluding carboxylic acids is 1.